The summed E-state index contributed by atoms with van der Waals surface area (Å²) in [6.45, 7) is 0. The largest absolute Gasteiger partial charge is 0.409 e. The highest BCUT2D eigenvalue weighted by molar-refractivity contribution is 6.41. The molecule has 78 valence electrons. The Hall–Kier alpha value is -0.520. The minimum Gasteiger partial charge on any atom is -0.315 e. The van der Waals surface area contributed by atoms with Gasteiger partial charge < -0.3 is 5.73 Å². The molecule has 0 fully saturated rings. The number of alkyl halides is 3. The zero-order valence-electron chi connectivity index (χ0n) is 6.65. The molecule has 0 saturated carbocycles. The van der Waals surface area contributed by atoms with Gasteiger partial charge in [-0.05, 0) is 12.1 Å². The zero-order valence-corrected chi connectivity index (χ0v) is 8.16. The van der Waals surface area contributed by atoms with Crippen molar-refractivity contribution in [3.8, 4) is 0 Å². The van der Waals surface area contributed by atoms with Gasteiger partial charge in [0, 0.05) is 0 Å². The molecule has 0 saturated heterocycles. The van der Waals surface area contributed by atoms with E-state index in [4.69, 9.17) is 28.9 Å². The first-order chi connectivity index (χ1) is 6.32. The van der Waals surface area contributed by atoms with Crippen molar-refractivity contribution in [3.05, 3.63) is 28.0 Å². The lowest BCUT2D eigenvalue weighted by Gasteiger charge is -2.14. The summed E-state index contributed by atoms with van der Waals surface area (Å²) in [6.07, 6.45) is -4.54. The lowest BCUT2D eigenvalue weighted by Crippen LogP contribution is -2.29. The average Bonchev–Trinajstić information content (AvgIpc) is 2.07. The van der Waals surface area contributed by atoms with Crippen LogP contribution < -0.4 is 5.73 Å². The van der Waals surface area contributed by atoms with Gasteiger partial charge in [0.05, 0.1) is 10.7 Å². The van der Waals surface area contributed by atoms with E-state index in [-0.39, 0.29) is 15.9 Å². The molecule has 0 bridgehead atoms. The van der Waals surface area contributed by atoms with E-state index in [2.05, 4.69) is 4.98 Å². The van der Waals surface area contributed by atoms with Gasteiger partial charge in [0.2, 0.25) is 0 Å². The highest BCUT2D eigenvalue weighted by Gasteiger charge is 2.38. The quantitative estimate of drug-likeness (QED) is 0.772. The standard InChI is InChI=1S/C7H5Cl2F3N2/c8-3-1-2-4(14-6(3)9)5(13)7(10,11)12/h1-2,5H,13H2/t5-/m1/s1. The van der Waals surface area contributed by atoms with Crippen LogP contribution in [0.4, 0.5) is 13.2 Å². The van der Waals surface area contributed by atoms with E-state index in [0.29, 0.717) is 0 Å². The molecule has 1 aromatic heterocycles. The summed E-state index contributed by atoms with van der Waals surface area (Å²) in [5.74, 6) is 0. The minimum absolute atomic E-state index is 0.0878. The Bertz CT molecular complexity index is 340. The first-order valence-corrected chi connectivity index (χ1v) is 4.22. The van der Waals surface area contributed by atoms with E-state index in [1.165, 1.54) is 6.07 Å². The predicted molar refractivity (Wildman–Crippen MR) is 47.2 cm³/mol. The maximum atomic E-state index is 12.1. The first kappa shape index (κ1) is 11.6. The summed E-state index contributed by atoms with van der Waals surface area (Å²) in [5.41, 5.74) is 4.55. The van der Waals surface area contributed by atoms with Crippen LogP contribution in [-0.4, -0.2) is 11.2 Å². The monoisotopic (exact) mass is 244 g/mol. The molecule has 0 aliphatic carbocycles. The highest BCUT2D eigenvalue weighted by atomic mass is 35.5. The second-order valence-corrected chi connectivity index (χ2v) is 3.29. The van der Waals surface area contributed by atoms with E-state index >= 15 is 0 Å². The van der Waals surface area contributed by atoms with Crippen LogP contribution in [0.1, 0.15) is 11.7 Å². The van der Waals surface area contributed by atoms with Gasteiger partial charge in [0.25, 0.3) is 0 Å². The normalized spacial score (nSPS) is 14.1. The Labute approximate surface area is 87.8 Å². The highest BCUT2D eigenvalue weighted by Crippen LogP contribution is 2.31. The molecule has 2 nitrogen and oxygen atoms in total. The summed E-state index contributed by atoms with van der Waals surface area (Å²) in [5, 5.41) is -0.103. The average molecular weight is 245 g/mol. The molecule has 0 radical (unpaired) electrons. The Balaban J connectivity index is 3.03. The summed E-state index contributed by atoms with van der Waals surface area (Å²) >= 11 is 10.9. The molecular formula is C7H5Cl2F3N2. The summed E-state index contributed by atoms with van der Waals surface area (Å²) in [7, 11) is 0. The lowest BCUT2D eigenvalue weighted by molar-refractivity contribution is -0.149. The Morgan fingerprint density at radius 3 is 2.29 bits per heavy atom. The van der Waals surface area contributed by atoms with Crippen LogP contribution >= 0.6 is 23.2 Å². The van der Waals surface area contributed by atoms with E-state index in [1.54, 1.807) is 0 Å². The third-order valence-electron chi connectivity index (χ3n) is 1.50. The molecule has 1 atom stereocenters. The number of hydrogen-bond donors (Lipinski definition) is 1. The van der Waals surface area contributed by atoms with Gasteiger partial charge in [-0.2, -0.15) is 13.2 Å². The predicted octanol–water partition coefficient (Wildman–Crippen LogP) is 2.95. The first-order valence-electron chi connectivity index (χ1n) is 3.46. The molecule has 7 heteroatoms. The van der Waals surface area contributed by atoms with Crippen molar-refractivity contribution in [2.24, 2.45) is 5.73 Å². The molecule has 0 spiro atoms. The molecule has 2 N–H and O–H groups in total. The van der Waals surface area contributed by atoms with E-state index in [1.807, 2.05) is 0 Å². The fourth-order valence-electron chi connectivity index (χ4n) is 0.772. The molecule has 1 heterocycles. The van der Waals surface area contributed by atoms with Crippen LogP contribution in [0, 0.1) is 0 Å². The molecule has 14 heavy (non-hydrogen) atoms. The van der Waals surface area contributed by atoms with Gasteiger partial charge in [-0.15, -0.1) is 0 Å². The van der Waals surface area contributed by atoms with Gasteiger partial charge in [0.1, 0.15) is 11.2 Å². The molecule has 0 amide bonds. The van der Waals surface area contributed by atoms with E-state index in [9.17, 15) is 13.2 Å². The van der Waals surface area contributed by atoms with Crippen LogP contribution in [-0.2, 0) is 0 Å². The van der Waals surface area contributed by atoms with Crippen molar-refractivity contribution in [1.82, 2.24) is 4.98 Å². The number of halogens is 5. The summed E-state index contributed by atoms with van der Waals surface area (Å²) in [6, 6.07) is 0.168. The van der Waals surface area contributed by atoms with Gasteiger partial charge in [-0.1, -0.05) is 23.2 Å². The molecular weight excluding hydrogens is 240 g/mol. The number of pyridine rings is 1. The smallest absolute Gasteiger partial charge is 0.315 e. The SMILES string of the molecule is N[C@H](c1ccc(Cl)c(Cl)n1)C(F)(F)F. The summed E-state index contributed by atoms with van der Waals surface area (Å²) < 4.78 is 36.4. The second kappa shape index (κ2) is 3.92. The Morgan fingerprint density at radius 2 is 1.86 bits per heavy atom. The second-order valence-electron chi connectivity index (χ2n) is 2.53. The van der Waals surface area contributed by atoms with Gasteiger partial charge >= 0.3 is 6.18 Å². The molecule has 0 aliphatic heterocycles. The molecule has 1 aromatic rings. The molecule has 0 aromatic carbocycles. The van der Waals surface area contributed by atoms with Crippen LogP contribution in [0.2, 0.25) is 10.2 Å². The summed E-state index contributed by atoms with van der Waals surface area (Å²) in [4.78, 5) is 3.43. The van der Waals surface area contributed by atoms with Crippen molar-refractivity contribution in [1.29, 1.82) is 0 Å². The topological polar surface area (TPSA) is 38.9 Å². The molecule has 0 unspecified atom stereocenters. The van der Waals surface area contributed by atoms with Crippen LogP contribution in [0.15, 0.2) is 12.1 Å². The number of nitrogens with two attached hydrogens (primary N) is 1. The van der Waals surface area contributed by atoms with Gasteiger partial charge in [-0.3, -0.25) is 0 Å². The molecule has 1 rings (SSSR count). The van der Waals surface area contributed by atoms with Crippen molar-refractivity contribution in [2.45, 2.75) is 12.2 Å². The number of nitrogens with zero attached hydrogens (tertiary/aromatic N) is 1. The lowest BCUT2D eigenvalue weighted by atomic mass is 10.2. The van der Waals surface area contributed by atoms with E-state index < -0.39 is 12.2 Å². The molecule has 0 aliphatic rings. The van der Waals surface area contributed by atoms with Crippen LogP contribution in [0.25, 0.3) is 0 Å². The Kier molecular flexibility index (Phi) is 3.24. The van der Waals surface area contributed by atoms with Crippen LogP contribution in [0.3, 0.4) is 0 Å². The van der Waals surface area contributed by atoms with Crippen LogP contribution in [0.5, 0.6) is 0 Å². The third kappa shape index (κ3) is 2.50. The minimum atomic E-state index is -4.54. The van der Waals surface area contributed by atoms with Crippen molar-refractivity contribution in [2.75, 3.05) is 0 Å². The maximum Gasteiger partial charge on any atom is 0.409 e. The maximum absolute atomic E-state index is 12.1. The van der Waals surface area contributed by atoms with Crippen molar-refractivity contribution < 1.29 is 13.2 Å². The fourth-order valence-corrected chi connectivity index (χ4v) is 1.04. The zero-order chi connectivity index (χ0) is 10.9. The van der Waals surface area contributed by atoms with Gasteiger partial charge in [0.15, 0.2) is 0 Å². The number of hydrogen-bond acceptors (Lipinski definition) is 2. The van der Waals surface area contributed by atoms with Crippen molar-refractivity contribution in [3.63, 3.8) is 0 Å². The third-order valence-corrected chi connectivity index (χ3v) is 2.19. The number of aromatic nitrogens is 1. The fraction of sp³-hybridized carbons (Fsp3) is 0.286. The van der Waals surface area contributed by atoms with E-state index in [0.717, 1.165) is 6.07 Å². The van der Waals surface area contributed by atoms with Gasteiger partial charge in [-0.25, -0.2) is 4.98 Å². The number of rotatable bonds is 1. The Morgan fingerprint density at radius 1 is 1.29 bits per heavy atom. The van der Waals surface area contributed by atoms with Crippen molar-refractivity contribution >= 4 is 23.2 Å².